The standard InChI is InChI=1S/C18H10ClFN4.C11H7FIN3.C7H4ClN/c1-12-6-16(3-2-13-4-5-22-18(19)9-13)23-24(12)17-8-14(11-21)7-15(20)10-17;1-7-2-11(13)15-16(7)10-4-8(6-14)3-9(12)5-10;1-2-6-3-4-9-7(8)5-6/h4-10H,1H3;2-5H,1H3;1,3-5H. The number of hydrogen-bond donors (Lipinski definition) is 0. The van der Waals surface area contributed by atoms with Crippen LogP contribution in [0.5, 0.6) is 0 Å². The quantitative estimate of drug-likeness (QED) is 0.0994. The van der Waals surface area contributed by atoms with E-state index in [9.17, 15) is 8.78 Å². The smallest absolute Gasteiger partial charge is 0.136 e. The molecule has 0 aliphatic rings. The van der Waals surface area contributed by atoms with E-state index in [2.05, 4.69) is 60.5 Å². The number of aromatic nitrogens is 6. The molecule has 0 saturated heterocycles. The van der Waals surface area contributed by atoms with Crippen LogP contribution in [0.4, 0.5) is 8.78 Å². The Morgan fingerprint density at radius 2 is 1.18 bits per heavy atom. The van der Waals surface area contributed by atoms with Crippen LogP contribution in [-0.2, 0) is 0 Å². The molecule has 0 unspecified atom stereocenters. The average Bonchev–Trinajstić information content (AvgIpc) is 3.63. The highest BCUT2D eigenvalue weighted by molar-refractivity contribution is 14.1. The monoisotopic (exact) mass is 800 g/mol. The highest BCUT2D eigenvalue weighted by atomic mass is 127. The Labute approximate surface area is 304 Å². The molecule has 6 rings (SSSR count). The predicted octanol–water partition coefficient (Wildman–Crippen LogP) is 8.15. The van der Waals surface area contributed by atoms with Crippen LogP contribution in [-0.4, -0.2) is 29.5 Å². The molecule has 0 aliphatic heterocycles. The van der Waals surface area contributed by atoms with Crippen LogP contribution < -0.4 is 0 Å². The lowest BCUT2D eigenvalue weighted by molar-refractivity contribution is 0.624. The lowest BCUT2D eigenvalue weighted by Crippen LogP contribution is -2.00. The van der Waals surface area contributed by atoms with Crippen LogP contribution in [0.3, 0.4) is 0 Å². The number of aryl methyl sites for hydroxylation is 2. The van der Waals surface area contributed by atoms with Crippen molar-refractivity contribution < 1.29 is 8.78 Å². The van der Waals surface area contributed by atoms with Gasteiger partial charge in [-0.2, -0.15) is 20.7 Å². The van der Waals surface area contributed by atoms with Crippen molar-refractivity contribution in [3.8, 4) is 47.7 Å². The van der Waals surface area contributed by atoms with Crippen molar-refractivity contribution in [2.24, 2.45) is 0 Å². The zero-order valence-electron chi connectivity index (χ0n) is 25.6. The highest BCUT2D eigenvalue weighted by Crippen LogP contribution is 2.18. The van der Waals surface area contributed by atoms with Crippen LogP contribution in [0.25, 0.3) is 11.4 Å². The van der Waals surface area contributed by atoms with Gasteiger partial charge < -0.3 is 0 Å². The number of terminal acetylenes is 1. The Kier molecular flexibility index (Phi) is 12.6. The molecule has 13 heteroatoms. The lowest BCUT2D eigenvalue weighted by atomic mass is 10.2. The Morgan fingerprint density at radius 3 is 1.65 bits per heavy atom. The topological polar surface area (TPSA) is 109 Å². The van der Waals surface area contributed by atoms with Crippen molar-refractivity contribution in [2.75, 3.05) is 0 Å². The number of halogens is 5. The van der Waals surface area contributed by atoms with Crippen molar-refractivity contribution in [3.63, 3.8) is 0 Å². The molecule has 0 atom stereocenters. The van der Waals surface area contributed by atoms with Crippen molar-refractivity contribution in [1.82, 2.24) is 29.5 Å². The Morgan fingerprint density at radius 1 is 0.673 bits per heavy atom. The summed E-state index contributed by atoms with van der Waals surface area (Å²) in [4.78, 5) is 7.65. The first-order chi connectivity index (χ1) is 23.5. The van der Waals surface area contributed by atoms with Gasteiger partial charge in [0.15, 0.2) is 0 Å². The third-order valence-electron chi connectivity index (χ3n) is 6.21. The molecule has 0 amide bonds. The second-order valence-corrected chi connectivity index (χ2v) is 11.7. The van der Waals surface area contributed by atoms with E-state index in [1.807, 2.05) is 32.1 Å². The maximum atomic E-state index is 13.6. The molecule has 0 fully saturated rings. The minimum Gasteiger partial charge on any atom is -0.244 e. The van der Waals surface area contributed by atoms with E-state index < -0.39 is 11.6 Å². The van der Waals surface area contributed by atoms with Crippen LogP contribution in [0.1, 0.15) is 39.3 Å². The number of benzene rings is 2. The van der Waals surface area contributed by atoms with E-state index in [-0.39, 0.29) is 5.56 Å². The summed E-state index contributed by atoms with van der Waals surface area (Å²) in [5.41, 5.74) is 5.26. The zero-order chi connectivity index (χ0) is 35.5. The largest absolute Gasteiger partial charge is 0.244 e. The van der Waals surface area contributed by atoms with Gasteiger partial charge in [0, 0.05) is 34.9 Å². The molecule has 0 saturated carbocycles. The molecular formula is C36H21Cl2F2IN8. The van der Waals surface area contributed by atoms with Gasteiger partial charge >= 0.3 is 0 Å². The second-order valence-electron chi connectivity index (χ2n) is 9.85. The van der Waals surface area contributed by atoms with E-state index in [1.54, 1.807) is 64.2 Å². The van der Waals surface area contributed by atoms with Crippen molar-refractivity contribution in [3.05, 3.63) is 150 Å². The fourth-order valence-corrected chi connectivity index (χ4v) is 5.14. The van der Waals surface area contributed by atoms with E-state index in [1.165, 1.54) is 24.3 Å². The molecule has 0 spiro atoms. The molecule has 0 N–H and O–H groups in total. The highest BCUT2D eigenvalue weighted by Gasteiger charge is 2.09. The van der Waals surface area contributed by atoms with Crippen molar-refractivity contribution >= 4 is 45.8 Å². The summed E-state index contributed by atoms with van der Waals surface area (Å²) < 4.78 is 30.8. The van der Waals surface area contributed by atoms with Crippen LogP contribution >= 0.6 is 45.8 Å². The molecular weight excluding hydrogens is 780 g/mol. The van der Waals surface area contributed by atoms with Gasteiger partial charge in [-0.1, -0.05) is 35.0 Å². The fourth-order valence-electron chi connectivity index (χ4n) is 4.13. The average molecular weight is 801 g/mol. The SMILES string of the molecule is C#Cc1ccnc(Cl)c1.Cc1cc(C#Cc2ccnc(Cl)c2)nn1-c1cc(F)cc(C#N)c1.Cc1cc(I)nn1-c1cc(F)cc(C#N)c1. The van der Waals surface area contributed by atoms with E-state index in [0.29, 0.717) is 32.9 Å². The normalized spacial score (nSPS) is 9.71. The molecule has 4 heterocycles. The Hall–Kier alpha value is -5.57. The summed E-state index contributed by atoms with van der Waals surface area (Å²) in [5, 5.41) is 27.1. The van der Waals surface area contributed by atoms with Gasteiger partial charge in [-0.25, -0.2) is 28.1 Å². The number of hydrogen-bond acceptors (Lipinski definition) is 6. The first-order valence-corrected chi connectivity index (χ1v) is 15.7. The Bertz CT molecular complexity index is 2340. The minimum atomic E-state index is -0.488. The van der Waals surface area contributed by atoms with Gasteiger partial charge in [0.25, 0.3) is 0 Å². The Balaban J connectivity index is 0.000000185. The van der Waals surface area contributed by atoms with Gasteiger partial charge in [0.2, 0.25) is 0 Å². The van der Waals surface area contributed by atoms with Gasteiger partial charge in [0.1, 0.15) is 31.3 Å². The van der Waals surface area contributed by atoms with Crippen molar-refractivity contribution in [2.45, 2.75) is 13.8 Å². The van der Waals surface area contributed by atoms with E-state index in [4.69, 9.17) is 40.1 Å². The number of rotatable bonds is 2. The first-order valence-electron chi connectivity index (χ1n) is 13.9. The maximum absolute atomic E-state index is 13.6. The number of nitrogens with zero attached hydrogens (tertiary/aromatic N) is 8. The minimum absolute atomic E-state index is 0.235. The summed E-state index contributed by atoms with van der Waals surface area (Å²) in [7, 11) is 0. The fraction of sp³-hybridized carbons (Fsp3) is 0.0556. The molecule has 49 heavy (non-hydrogen) atoms. The van der Waals surface area contributed by atoms with Crippen LogP contribution in [0.2, 0.25) is 10.3 Å². The first kappa shape index (κ1) is 36.3. The van der Waals surface area contributed by atoms with Crippen molar-refractivity contribution in [1.29, 1.82) is 10.5 Å². The molecule has 6 aromatic rings. The van der Waals surface area contributed by atoms with Gasteiger partial charge in [-0.15, -0.1) is 6.42 Å². The third-order valence-corrected chi connectivity index (χ3v) is 7.15. The molecule has 8 nitrogen and oxygen atoms in total. The molecule has 240 valence electrons. The summed E-state index contributed by atoms with van der Waals surface area (Å²) in [6.45, 7) is 3.71. The summed E-state index contributed by atoms with van der Waals surface area (Å²) in [6, 6.07) is 22.5. The zero-order valence-corrected chi connectivity index (χ0v) is 29.3. The third kappa shape index (κ3) is 10.5. The maximum Gasteiger partial charge on any atom is 0.136 e. The van der Waals surface area contributed by atoms with E-state index >= 15 is 0 Å². The number of nitriles is 2. The number of pyridine rings is 2. The molecule has 0 radical (unpaired) electrons. The van der Waals surface area contributed by atoms with Gasteiger partial charge in [-0.3, -0.25) is 0 Å². The summed E-state index contributed by atoms with van der Waals surface area (Å²) in [5.74, 6) is 7.41. The van der Waals surface area contributed by atoms with Gasteiger partial charge in [-0.05, 0) is 115 Å². The van der Waals surface area contributed by atoms with Crippen LogP contribution in [0.15, 0.2) is 85.2 Å². The predicted molar refractivity (Wildman–Crippen MR) is 191 cm³/mol. The summed E-state index contributed by atoms with van der Waals surface area (Å²) >= 11 is 13.4. The second kappa shape index (κ2) is 17.0. The molecule has 2 aromatic carbocycles. The van der Waals surface area contributed by atoms with E-state index in [0.717, 1.165) is 26.2 Å². The molecule has 4 aromatic heterocycles. The summed E-state index contributed by atoms with van der Waals surface area (Å²) in [6.07, 6.45) is 8.24. The lowest BCUT2D eigenvalue weighted by Gasteiger charge is -2.04. The van der Waals surface area contributed by atoms with Gasteiger partial charge in [0.05, 0.1) is 34.6 Å². The molecule has 0 aliphatic carbocycles. The molecule has 0 bridgehead atoms. The van der Waals surface area contributed by atoms with Crippen LogP contribution in [0, 0.1) is 76.0 Å².